The highest BCUT2D eigenvalue weighted by Gasteiger charge is 2.24. The lowest BCUT2D eigenvalue weighted by Gasteiger charge is -2.32. The first-order chi connectivity index (χ1) is 12.6. The zero-order valence-corrected chi connectivity index (χ0v) is 14.7. The number of carbonyl (C=O) groups excluding carboxylic acids is 1. The number of likely N-dealkylation sites (tertiary alicyclic amines) is 1. The van der Waals surface area contributed by atoms with Gasteiger partial charge in [-0.05, 0) is 49.1 Å². The number of piperidine rings is 1. The lowest BCUT2D eigenvalue weighted by Crippen LogP contribution is -2.41. The molecule has 1 unspecified atom stereocenters. The Morgan fingerprint density at radius 1 is 1.23 bits per heavy atom. The van der Waals surface area contributed by atoms with Gasteiger partial charge in [0.2, 0.25) is 5.91 Å². The van der Waals surface area contributed by atoms with Gasteiger partial charge in [-0.2, -0.15) is 0 Å². The van der Waals surface area contributed by atoms with Gasteiger partial charge in [-0.25, -0.2) is 4.39 Å². The van der Waals surface area contributed by atoms with Gasteiger partial charge in [0, 0.05) is 25.4 Å². The smallest absolute Gasteiger partial charge is 0.222 e. The van der Waals surface area contributed by atoms with Crippen LogP contribution in [-0.2, 0) is 11.2 Å². The molecule has 4 nitrogen and oxygen atoms in total. The molecule has 1 aliphatic heterocycles. The fourth-order valence-electron chi connectivity index (χ4n) is 3.32. The number of rotatable bonds is 6. The highest BCUT2D eigenvalue weighted by Crippen LogP contribution is 2.21. The Bertz CT molecular complexity index is 750. The molecule has 0 spiro atoms. The predicted molar refractivity (Wildman–Crippen MR) is 97.6 cm³/mol. The molecule has 26 heavy (non-hydrogen) atoms. The van der Waals surface area contributed by atoms with Gasteiger partial charge in [-0.1, -0.05) is 24.3 Å². The highest BCUT2D eigenvalue weighted by atomic mass is 19.1. The number of nitrogens with zero attached hydrogens (tertiary/aromatic N) is 1. The molecule has 1 aliphatic rings. The molecule has 0 bridgehead atoms. The minimum Gasteiger partial charge on any atom is -0.508 e. The minimum absolute atomic E-state index is 0.115. The van der Waals surface area contributed by atoms with Gasteiger partial charge in [0.1, 0.15) is 5.75 Å². The second-order valence-electron chi connectivity index (χ2n) is 6.76. The van der Waals surface area contributed by atoms with Crippen LogP contribution in [0.5, 0.6) is 11.5 Å². The molecule has 0 saturated carbocycles. The number of phenols is 1. The molecule has 138 valence electrons. The summed E-state index contributed by atoms with van der Waals surface area (Å²) in [5, 5.41) is 9.50. The van der Waals surface area contributed by atoms with Crippen LogP contribution in [0.25, 0.3) is 0 Å². The number of aryl methyl sites for hydroxylation is 1. The van der Waals surface area contributed by atoms with Crippen molar-refractivity contribution in [3.63, 3.8) is 0 Å². The molecular weight excluding hydrogens is 333 g/mol. The van der Waals surface area contributed by atoms with Crippen molar-refractivity contribution in [2.45, 2.75) is 25.7 Å². The lowest BCUT2D eigenvalue weighted by molar-refractivity contribution is -0.133. The van der Waals surface area contributed by atoms with Crippen LogP contribution in [-0.4, -0.2) is 35.6 Å². The number of carbonyl (C=O) groups is 1. The Balaban J connectivity index is 1.48. The Kier molecular flexibility index (Phi) is 6.10. The van der Waals surface area contributed by atoms with Crippen LogP contribution in [0, 0.1) is 11.7 Å². The molecule has 1 fully saturated rings. The van der Waals surface area contributed by atoms with Crippen molar-refractivity contribution in [1.29, 1.82) is 0 Å². The zero-order valence-electron chi connectivity index (χ0n) is 14.7. The first-order valence-corrected chi connectivity index (χ1v) is 9.05. The predicted octanol–water partition coefficient (Wildman–Crippen LogP) is 3.78. The third-order valence-electron chi connectivity index (χ3n) is 4.72. The Labute approximate surface area is 153 Å². The average Bonchev–Trinajstić information content (AvgIpc) is 2.66. The fraction of sp³-hybridized carbons (Fsp3) is 0.381. The van der Waals surface area contributed by atoms with Gasteiger partial charge in [-0.15, -0.1) is 0 Å². The summed E-state index contributed by atoms with van der Waals surface area (Å²) in [4.78, 5) is 14.4. The Morgan fingerprint density at radius 2 is 2.08 bits per heavy atom. The summed E-state index contributed by atoms with van der Waals surface area (Å²) in [5.74, 6) is 0.456. The largest absolute Gasteiger partial charge is 0.508 e. The number of phenolic OH excluding ortho intramolecular Hbond substituents is 1. The molecule has 0 aliphatic carbocycles. The van der Waals surface area contributed by atoms with Crippen LogP contribution in [0.1, 0.15) is 24.8 Å². The fourth-order valence-corrected chi connectivity index (χ4v) is 3.32. The third-order valence-corrected chi connectivity index (χ3v) is 4.72. The zero-order chi connectivity index (χ0) is 18.4. The van der Waals surface area contributed by atoms with Crippen LogP contribution in [0.3, 0.4) is 0 Å². The highest BCUT2D eigenvalue weighted by molar-refractivity contribution is 5.76. The van der Waals surface area contributed by atoms with E-state index in [0.717, 1.165) is 24.9 Å². The molecule has 1 N–H and O–H groups in total. The first-order valence-electron chi connectivity index (χ1n) is 9.05. The van der Waals surface area contributed by atoms with Crippen molar-refractivity contribution in [3.05, 3.63) is 59.9 Å². The van der Waals surface area contributed by atoms with Gasteiger partial charge in [-0.3, -0.25) is 4.79 Å². The van der Waals surface area contributed by atoms with Crippen LogP contribution < -0.4 is 4.74 Å². The molecule has 0 aromatic heterocycles. The third kappa shape index (κ3) is 4.97. The quantitative estimate of drug-likeness (QED) is 0.856. The van der Waals surface area contributed by atoms with Crippen molar-refractivity contribution in [1.82, 2.24) is 4.90 Å². The van der Waals surface area contributed by atoms with E-state index in [-0.39, 0.29) is 29.1 Å². The topological polar surface area (TPSA) is 49.8 Å². The van der Waals surface area contributed by atoms with E-state index in [1.807, 2.05) is 11.0 Å². The summed E-state index contributed by atoms with van der Waals surface area (Å²) in [6.45, 7) is 1.82. The number of hydrogen-bond acceptors (Lipinski definition) is 3. The number of aromatic hydroxyl groups is 1. The van der Waals surface area contributed by atoms with Gasteiger partial charge in [0.25, 0.3) is 0 Å². The number of hydrogen-bond donors (Lipinski definition) is 1. The number of benzene rings is 2. The van der Waals surface area contributed by atoms with Crippen molar-refractivity contribution < 1.29 is 19.0 Å². The van der Waals surface area contributed by atoms with E-state index in [9.17, 15) is 14.3 Å². The van der Waals surface area contributed by atoms with E-state index in [1.165, 1.54) is 6.07 Å². The summed E-state index contributed by atoms with van der Waals surface area (Å²) in [6, 6.07) is 13.4. The van der Waals surface area contributed by atoms with Crippen molar-refractivity contribution in [2.75, 3.05) is 19.7 Å². The van der Waals surface area contributed by atoms with E-state index < -0.39 is 0 Å². The Morgan fingerprint density at radius 3 is 2.88 bits per heavy atom. The maximum Gasteiger partial charge on any atom is 0.222 e. The number of para-hydroxylation sites is 1. The molecular formula is C21H24FNO3. The van der Waals surface area contributed by atoms with Crippen LogP contribution >= 0.6 is 0 Å². The molecule has 0 radical (unpaired) electrons. The summed E-state index contributed by atoms with van der Waals surface area (Å²) in [7, 11) is 0. The number of amides is 1. The van der Waals surface area contributed by atoms with E-state index in [2.05, 4.69) is 0 Å². The second kappa shape index (κ2) is 8.70. The second-order valence-corrected chi connectivity index (χ2v) is 6.76. The SMILES string of the molecule is O=C(CCc1cccc(O)c1)N1CCCC(COc2ccccc2F)C1. The molecule has 2 aromatic rings. The standard InChI is InChI=1S/C21H24FNO3/c22-19-8-1-2-9-20(19)26-15-17-6-4-12-23(14-17)21(25)11-10-16-5-3-7-18(24)13-16/h1-3,5,7-9,13,17,24H,4,6,10-12,14-15H2. The minimum atomic E-state index is -0.359. The number of halogens is 1. The molecule has 3 rings (SSSR count). The maximum atomic E-state index is 13.6. The monoisotopic (exact) mass is 357 g/mol. The van der Waals surface area contributed by atoms with E-state index >= 15 is 0 Å². The first kappa shape index (κ1) is 18.2. The molecule has 1 atom stereocenters. The maximum absolute atomic E-state index is 13.6. The molecule has 1 heterocycles. The van der Waals surface area contributed by atoms with Gasteiger partial charge in [0.15, 0.2) is 11.6 Å². The summed E-state index contributed by atoms with van der Waals surface area (Å²) >= 11 is 0. The van der Waals surface area contributed by atoms with Crippen LogP contribution in [0.15, 0.2) is 48.5 Å². The van der Waals surface area contributed by atoms with Crippen molar-refractivity contribution in [3.8, 4) is 11.5 Å². The van der Waals surface area contributed by atoms with Gasteiger partial charge in [0.05, 0.1) is 6.61 Å². The lowest BCUT2D eigenvalue weighted by atomic mass is 9.98. The van der Waals surface area contributed by atoms with E-state index in [0.29, 0.717) is 26.0 Å². The normalized spacial score (nSPS) is 17.1. The summed E-state index contributed by atoms with van der Waals surface area (Å²) < 4.78 is 19.2. The molecule has 5 heteroatoms. The molecule has 1 amide bonds. The van der Waals surface area contributed by atoms with Crippen LogP contribution in [0.2, 0.25) is 0 Å². The van der Waals surface area contributed by atoms with E-state index in [1.54, 1.807) is 36.4 Å². The van der Waals surface area contributed by atoms with E-state index in [4.69, 9.17) is 4.74 Å². The van der Waals surface area contributed by atoms with Gasteiger partial charge >= 0.3 is 0 Å². The van der Waals surface area contributed by atoms with Crippen molar-refractivity contribution >= 4 is 5.91 Å². The summed E-state index contributed by atoms with van der Waals surface area (Å²) in [6.07, 6.45) is 2.94. The Hall–Kier alpha value is -2.56. The van der Waals surface area contributed by atoms with Gasteiger partial charge < -0.3 is 14.7 Å². The average molecular weight is 357 g/mol. The van der Waals surface area contributed by atoms with Crippen molar-refractivity contribution in [2.24, 2.45) is 5.92 Å². The number of ether oxygens (including phenoxy) is 1. The summed E-state index contributed by atoms with van der Waals surface area (Å²) in [5.41, 5.74) is 0.954. The molecule has 2 aromatic carbocycles. The van der Waals surface area contributed by atoms with Crippen LogP contribution in [0.4, 0.5) is 4.39 Å². The molecule has 1 saturated heterocycles.